The Hall–Kier alpha value is -2.01. The maximum Gasteiger partial charge on any atom is 0.225 e. The second-order valence-electron chi connectivity index (χ2n) is 5.48. The van der Waals surface area contributed by atoms with Gasteiger partial charge in [-0.25, -0.2) is 15.0 Å². The number of hydrogen-bond donors (Lipinski definition) is 2. The molecule has 134 valence electrons. The molecule has 0 aliphatic carbocycles. The van der Waals surface area contributed by atoms with E-state index in [0.29, 0.717) is 18.3 Å². The Kier molecular flexibility index (Phi) is 7.79. The molecule has 0 atom stereocenters. The second kappa shape index (κ2) is 10.1. The van der Waals surface area contributed by atoms with Crippen molar-refractivity contribution in [2.24, 2.45) is 10.7 Å². The van der Waals surface area contributed by atoms with Gasteiger partial charge in [0, 0.05) is 51.3 Å². The molecule has 0 saturated carbocycles. The first-order valence-electron chi connectivity index (χ1n) is 8.03. The van der Waals surface area contributed by atoms with E-state index in [-0.39, 0.29) is 24.0 Å². The lowest BCUT2D eigenvalue weighted by molar-refractivity contribution is 0.264. The van der Waals surface area contributed by atoms with Crippen LogP contribution >= 0.6 is 24.0 Å². The van der Waals surface area contributed by atoms with Crippen molar-refractivity contribution < 1.29 is 0 Å². The van der Waals surface area contributed by atoms with E-state index in [9.17, 15) is 0 Å². The Morgan fingerprint density at radius 2 is 1.76 bits per heavy atom. The zero-order valence-electron chi connectivity index (χ0n) is 14.0. The summed E-state index contributed by atoms with van der Waals surface area (Å²) in [5.74, 6) is 1.90. The molecule has 9 heteroatoms. The summed E-state index contributed by atoms with van der Waals surface area (Å²) in [7, 11) is 0. The van der Waals surface area contributed by atoms with Crippen molar-refractivity contribution in [3.05, 3.63) is 42.9 Å². The van der Waals surface area contributed by atoms with E-state index >= 15 is 0 Å². The van der Waals surface area contributed by atoms with Gasteiger partial charge in [0.15, 0.2) is 5.96 Å². The highest BCUT2D eigenvalue weighted by Gasteiger charge is 2.18. The third-order valence-corrected chi connectivity index (χ3v) is 3.83. The van der Waals surface area contributed by atoms with Crippen LogP contribution in [0.3, 0.4) is 0 Å². The lowest BCUT2D eigenvalue weighted by atomic mass is 10.3. The zero-order chi connectivity index (χ0) is 16.6. The fourth-order valence-corrected chi connectivity index (χ4v) is 2.55. The van der Waals surface area contributed by atoms with Crippen molar-refractivity contribution in [1.29, 1.82) is 0 Å². The average molecular weight is 454 g/mol. The Labute approximate surface area is 164 Å². The largest absolute Gasteiger partial charge is 0.370 e. The number of nitrogens with two attached hydrogens (primary N) is 1. The summed E-state index contributed by atoms with van der Waals surface area (Å²) >= 11 is 0. The molecule has 0 spiro atoms. The van der Waals surface area contributed by atoms with Crippen LogP contribution in [0.2, 0.25) is 0 Å². The van der Waals surface area contributed by atoms with Gasteiger partial charge in [0.25, 0.3) is 0 Å². The molecule has 2 aromatic rings. The lowest BCUT2D eigenvalue weighted by Gasteiger charge is -2.34. The fraction of sp³-hybridized carbons (Fsp3) is 0.375. The molecule has 1 aliphatic rings. The smallest absolute Gasteiger partial charge is 0.225 e. The summed E-state index contributed by atoms with van der Waals surface area (Å²) in [6.45, 7) is 5.34. The van der Waals surface area contributed by atoms with E-state index in [4.69, 9.17) is 5.73 Å². The molecule has 1 saturated heterocycles. The Bertz CT molecular complexity index is 644. The topological polar surface area (TPSA) is 95.6 Å². The normalized spacial score (nSPS) is 15.5. The molecule has 2 aromatic heterocycles. The van der Waals surface area contributed by atoms with E-state index in [2.05, 4.69) is 35.1 Å². The van der Waals surface area contributed by atoms with Crippen LogP contribution in [0.5, 0.6) is 0 Å². The van der Waals surface area contributed by atoms with E-state index in [0.717, 1.165) is 38.7 Å². The molecule has 1 fully saturated rings. The van der Waals surface area contributed by atoms with Crippen molar-refractivity contribution in [3.63, 3.8) is 0 Å². The number of aromatic nitrogens is 3. The second-order valence-corrected chi connectivity index (χ2v) is 5.48. The average Bonchev–Trinajstić information content (AvgIpc) is 2.64. The Morgan fingerprint density at radius 3 is 2.44 bits per heavy atom. The lowest BCUT2D eigenvalue weighted by Crippen LogP contribution is -2.47. The minimum atomic E-state index is 0. The van der Waals surface area contributed by atoms with Gasteiger partial charge in [0.05, 0.1) is 6.54 Å². The fourth-order valence-electron chi connectivity index (χ4n) is 2.55. The number of hydrogen-bond acceptors (Lipinski definition) is 6. The quantitative estimate of drug-likeness (QED) is 0.396. The number of piperazine rings is 1. The molecule has 3 rings (SSSR count). The summed E-state index contributed by atoms with van der Waals surface area (Å²) < 4.78 is 0. The number of guanidine groups is 1. The van der Waals surface area contributed by atoms with E-state index in [1.807, 2.05) is 24.3 Å². The first-order valence-corrected chi connectivity index (χ1v) is 8.03. The van der Waals surface area contributed by atoms with Crippen molar-refractivity contribution in [2.75, 3.05) is 49.5 Å². The molecule has 0 unspecified atom stereocenters. The first-order chi connectivity index (χ1) is 11.8. The monoisotopic (exact) mass is 454 g/mol. The first kappa shape index (κ1) is 19.3. The van der Waals surface area contributed by atoms with Gasteiger partial charge in [-0.2, -0.15) is 0 Å². The zero-order valence-corrected chi connectivity index (χ0v) is 16.3. The van der Waals surface area contributed by atoms with E-state index < -0.39 is 0 Å². The highest BCUT2D eigenvalue weighted by atomic mass is 127. The molecule has 1 aliphatic heterocycles. The van der Waals surface area contributed by atoms with Gasteiger partial charge in [-0.1, -0.05) is 6.07 Å². The number of halogens is 1. The van der Waals surface area contributed by atoms with Gasteiger partial charge in [-0.3, -0.25) is 9.89 Å². The highest BCUT2D eigenvalue weighted by molar-refractivity contribution is 14.0. The minimum Gasteiger partial charge on any atom is -0.370 e. The molecular weight excluding hydrogens is 431 g/mol. The molecule has 3 N–H and O–H groups in total. The standard InChI is InChI=1S/C16H22N8.HI/c17-15(22-14-4-1-2-5-18-14)19-8-9-23-10-12-24(13-11-23)16-20-6-3-7-21-16;/h1-7H,8-13H2,(H3,17,18,19,22);1H. The van der Waals surface area contributed by atoms with Crippen LogP contribution in [0.4, 0.5) is 11.8 Å². The third-order valence-electron chi connectivity index (χ3n) is 3.83. The van der Waals surface area contributed by atoms with Crippen LogP contribution in [0.15, 0.2) is 47.8 Å². The molecule has 0 bridgehead atoms. The van der Waals surface area contributed by atoms with E-state index in [1.54, 1.807) is 18.6 Å². The van der Waals surface area contributed by atoms with Crippen LogP contribution in [-0.2, 0) is 0 Å². The van der Waals surface area contributed by atoms with Crippen LogP contribution in [0.1, 0.15) is 0 Å². The molecular formula is C16H23IN8. The van der Waals surface area contributed by atoms with E-state index in [1.165, 1.54) is 0 Å². The summed E-state index contributed by atoms with van der Waals surface area (Å²) in [6.07, 6.45) is 5.27. The molecule has 0 radical (unpaired) electrons. The van der Waals surface area contributed by atoms with Crippen LogP contribution in [0.25, 0.3) is 0 Å². The predicted molar refractivity (Wildman–Crippen MR) is 110 cm³/mol. The van der Waals surface area contributed by atoms with Gasteiger partial charge in [-0.15, -0.1) is 24.0 Å². The van der Waals surface area contributed by atoms with Gasteiger partial charge < -0.3 is 16.0 Å². The molecule has 0 amide bonds. The van der Waals surface area contributed by atoms with Crippen LogP contribution in [0, 0.1) is 0 Å². The maximum atomic E-state index is 5.88. The number of anilines is 2. The predicted octanol–water partition coefficient (Wildman–Crippen LogP) is 1.04. The SMILES string of the molecule is I.NC(=NCCN1CCN(c2ncccn2)CC1)Nc1ccccn1. The summed E-state index contributed by atoms with van der Waals surface area (Å²) in [5.41, 5.74) is 5.88. The molecule has 25 heavy (non-hydrogen) atoms. The Balaban J connectivity index is 0.00000225. The van der Waals surface area contributed by atoms with Gasteiger partial charge in [0.2, 0.25) is 5.95 Å². The molecule has 3 heterocycles. The van der Waals surface area contributed by atoms with Crippen molar-refractivity contribution >= 4 is 41.7 Å². The summed E-state index contributed by atoms with van der Waals surface area (Å²) in [6, 6.07) is 7.45. The Morgan fingerprint density at radius 1 is 1.04 bits per heavy atom. The summed E-state index contributed by atoms with van der Waals surface area (Å²) in [5, 5.41) is 2.98. The van der Waals surface area contributed by atoms with Crippen LogP contribution in [-0.4, -0.2) is 65.1 Å². The van der Waals surface area contributed by atoms with Crippen molar-refractivity contribution in [3.8, 4) is 0 Å². The third kappa shape index (κ3) is 6.09. The number of pyridine rings is 1. The van der Waals surface area contributed by atoms with Crippen molar-refractivity contribution in [1.82, 2.24) is 19.9 Å². The number of nitrogens with one attached hydrogen (secondary N) is 1. The number of nitrogens with zero attached hydrogens (tertiary/aromatic N) is 6. The molecule has 8 nitrogen and oxygen atoms in total. The van der Waals surface area contributed by atoms with Crippen LogP contribution < -0.4 is 16.0 Å². The van der Waals surface area contributed by atoms with Gasteiger partial charge in [-0.05, 0) is 18.2 Å². The minimum absolute atomic E-state index is 0. The van der Waals surface area contributed by atoms with Gasteiger partial charge in [0.1, 0.15) is 5.82 Å². The number of aliphatic imine (C=N–C) groups is 1. The maximum absolute atomic E-state index is 5.88. The highest BCUT2D eigenvalue weighted by Crippen LogP contribution is 2.09. The number of rotatable bonds is 5. The van der Waals surface area contributed by atoms with Crippen molar-refractivity contribution in [2.45, 2.75) is 0 Å². The van der Waals surface area contributed by atoms with Gasteiger partial charge >= 0.3 is 0 Å². The molecule has 0 aromatic carbocycles. The summed E-state index contributed by atoms with van der Waals surface area (Å²) in [4.78, 5) is 21.7.